The zero-order valence-electron chi connectivity index (χ0n) is 8.57. The fourth-order valence-corrected chi connectivity index (χ4v) is 1.80. The second-order valence-corrected chi connectivity index (χ2v) is 3.48. The van der Waals surface area contributed by atoms with E-state index in [0.717, 1.165) is 0 Å². The molecule has 0 saturated heterocycles. The molecule has 0 spiro atoms. The van der Waals surface area contributed by atoms with Gasteiger partial charge in [-0.2, -0.15) is 0 Å². The van der Waals surface area contributed by atoms with Crippen molar-refractivity contribution < 1.29 is 4.92 Å². The van der Waals surface area contributed by atoms with Gasteiger partial charge < -0.3 is 0 Å². The van der Waals surface area contributed by atoms with Crippen LogP contribution in [0.4, 0.5) is 5.69 Å². The first-order chi connectivity index (χ1) is 8.27. The molecule has 6 heteroatoms. The third-order valence-electron chi connectivity index (χ3n) is 2.50. The lowest BCUT2D eigenvalue weighted by atomic mass is 10.1. The largest absolute Gasteiger partial charge is 0.281 e. The topological polar surface area (TPSA) is 81.8 Å². The Morgan fingerprint density at radius 1 is 1.06 bits per heavy atom. The molecule has 0 aliphatic heterocycles. The SMILES string of the molecule is O=[N+]([O-])c1cc2nccnc2c2ncccc12. The lowest BCUT2D eigenvalue weighted by Gasteiger charge is -2.02. The van der Waals surface area contributed by atoms with Crippen molar-refractivity contribution in [2.45, 2.75) is 0 Å². The number of nitro groups is 1. The van der Waals surface area contributed by atoms with Crippen LogP contribution in [0.25, 0.3) is 21.9 Å². The summed E-state index contributed by atoms with van der Waals surface area (Å²) >= 11 is 0. The number of nitro benzene ring substituents is 1. The third-order valence-corrected chi connectivity index (χ3v) is 2.50. The highest BCUT2D eigenvalue weighted by Crippen LogP contribution is 2.29. The maximum Gasteiger partial charge on any atom is 0.281 e. The molecule has 0 unspecified atom stereocenters. The molecule has 0 amide bonds. The van der Waals surface area contributed by atoms with E-state index in [-0.39, 0.29) is 5.69 Å². The summed E-state index contributed by atoms with van der Waals surface area (Å²) in [5, 5.41) is 11.5. The van der Waals surface area contributed by atoms with Crippen LogP contribution >= 0.6 is 0 Å². The van der Waals surface area contributed by atoms with Gasteiger partial charge in [-0.1, -0.05) is 0 Å². The van der Waals surface area contributed by atoms with Gasteiger partial charge in [0.1, 0.15) is 11.0 Å². The van der Waals surface area contributed by atoms with Crippen molar-refractivity contribution in [3.8, 4) is 0 Å². The molecular formula is C11H6N4O2. The van der Waals surface area contributed by atoms with Gasteiger partial charge >= 0.3 is 0 Å². The quantitative estimate of drug-likeness (QED) is 0.360. The molecule has 0 atom stereocenters. The molecule has 0 saturated carbocycles. The molecular weight excluding hydrogens is 220 g/mol. The molecule has 0 bridgehead atoms. The van der Waals surface area contributed by atoms with Crippen LogP contribution in [-0.4, -0.2) is 19.9 Å². The fraction of sp³-hybridized carbons (Fsp3) is 0. The minimum Gasteiger partial charge on any atom is -0.258 e. The predicted octanol–water partition coefficient (Wildman–Crippen LogP) is 2.09. The number of rotatable bonds is 1. The summed E-state index contributed by atoms with van der Waals surface area (Å²) in [5.74, 6) is 0. The summed E-state index contributed by atoms with van der Waals surface area (Å²) in [5.41, 5.74) is 1.56. The minimum absolute atomic E-state index is 0.00102. The highest BCUT2D eigenvalue weighted by Gasteiger charge is 2.16. The standard InChI is InChI=1S/C11H6N4O2/c16-15(17)9-6-8-11(14-5-4-12-8)10-7(9)2-1-3-13-10/h1-6H. The number of hydrogen-bond donors (Lipinski definition) is 0. The van der Waals surface area contributed by atoms with Gasteiger partial charge in [0.25, 0.3) is 5.69 Å². The number of pyridine rings is 1. The van der Waals surface area contributed by atoms with E-state index in [9.17, 15) is 10.1 Å². The van der Waals surface area contributed by atoms with E-state index in [1.54, 1.807) is 24.5 Å². The van der Waals surface area contributed by atoms with Crippen LogP contribution in [-0.2, 0) is 0 Å². The van der Waals surface area contributed by atoms with Gasteiger partial charge in [0.05, 0.1) is 15.8 Å². The first kappa shape index (κ1) is 9.59. The second-order valence-electron chi connectivity index (χ2n) is 3.48. The number of aromatic nitrogens is 3. The molecule has 0 aliphatic rings. The van der Waals surface area contributed by atoms with Crippen LogP contribution in [0, 0.1) is 10.1 Å². The van der Waals surface area contributed by atoms with E-state index in [1.165, 1.54) is 12.3 Å². The second kappa shape index (κ2) is 3.44. The fourth-order valence-electron chi connectivity index (χ4n) is 1.80. The molecule has 6 nitrogen and oxygen atoms in total. The van der Waals surface area contributed by atoms with Gasteiger partial charge in [-0.25, -0.2) is 0 Å². The van der Waals surface area contributed by atoms with Gasteiger partial charge in [0, 0.05) is 24.7 Å². The molecule has 2 heterocycles. The van der Waals surface area contributed by atoms with E-state index in [1.807, 2.05) is 0 Å². The Balaban J connectivity index is 2.59. The van der Waals surface area contributed by atoms with Crippen molar-refractivity contribution in [3.63, 3.8) is 0 Å². The molecule has 2 aromatic heterocycles. The molecule has 1 aromatic carbocycles. The van der Waals surface area contributed by atoms with E-state index in [0.29, 0.717) is 21.9 Å². The minimum atomic E-state index is -0.432. The summed E-state index contributed by atoms with van der Waals surface area (Å²) in [7, 11) is 0. The summed E-state index contributed by atoms with van der Waals surface area (Å²) in [6.45, 7) is 0. The average Bonchev–Trinajstić information content (AvgIpc) is 2.37. The van der Waals surface area contributed by atoms with E-state index < -0.39 is 4.92 Å². The summed E-state index contributed by atoms with van der Waals surface area (Å²) in [6, 6.07) is 4.75. The molecule has 0 N–H and O–H groups in total. The predicted molar refractivity (Wildman–Crippen MR) is 61.5 cm³/mol. The molecule has 82 valence electrons. The van der Waals surface area contributed by atoms with Crippen molar-refractivity contribution in [1.82, 2.24) is 15.0 Å². The van der Waals surface area contributed by atoms with Gasteiger partial charge in [-0.05, 0) is 12.1 Å². The van der Waals surface area contributed by atoms with Crippen molar-refractivity contribution in [3.05, 3.63) is 46.9 Å². The molecule has 3 aromatic rings. The number of hydrogen-bond acceptors (Lipinski definition) is 5. The first-order valence-electron chi connectivity index (χ1n) is 4.90. The smallest absolute Gasteiger partial charge is 0.258 e. The van der Waals surface area contributed by atoms with Crippen molar-refractivity contribution in [2.24, 2.45) is 0 Å². The van der Waals surface area contributed by atoms with Gasteiger partial charge in [0.15, 0.2) is 0 Å². The molecule has 3 rings (SSSR count). The Morgan fingerprint density at radius 3 is 2.65 bits per heavy atom. The number of nitrogens with zero attached hydrogens (tertiary/aromatic N) is 4. The Labute approximate surface area is 95.1 Å². The van der Waals surface area contributed by atoms with Crippen LogP contribution in [0.2, 0.25) is 0 Å². The number of non-ortho nitro benzene ring substituents is 1. The average molecular weight is 226 g/mol. The summed E-state index contributed by atoms with van der Waals surface area (Å²) in [4.78, 5) is 22.9. The molecule has 0 fully saturated rings. The Hall–Kier alpha value is -2.63. The van der Waals surface area contributed by atoms with Crippen molar-refractivity contribution in [2.75, 3.05) is 0 Å². The van der Waals surface area contributed by atoms with Crippen LogP contribution in [0.1, 0.15) is 0 Å². The zero-order valence-corrected chi connectivity index (χ0v) is 8.57. The molecule has 17 heavy (non-hydrogen) atoms. The lowest BCUT2D eigenvalue weighted by molar-refractivity contribution is -0.383. The third kappa shape index (κ3) is 1.38. The Bertz CT molecular complexity index is 742. The van der Waals surface area contributed by atoms with E-state index in [2.05, 4.69) is 15.0 Å². The van der Waals surface area contributed by atoms with Gasteiger partial charge in [0.2, 0.25) is 0 Å². The van der Waals surface area contributed by atoms with Crippen LogP contribution in [0.3, 0.4) is 0 Å². The Morgan fingerprint density at radius 2 is 1.82 bits per heavy atom. The summed E-state index contributed by atoms with van der Waals surface area (Å²) in [6.07, 6.45) is 4.63. The number of fused-ring (bicyclic) bond motifs is 3. The van der Waals surface area contributed by atoms with Gasteiger partial charge in [-0.3, -0.25) is 25.1 Å². The normalized spacial score (nSPS) is 10.8. The van der Waals surface area contributed by atoms with Crippen LogP contribution in [0.5, 0.6) is 0 Å². The monoisotopic (exact) mass is 226 g/mol. The molecule has 0 radical (unpaired) electrons. The highest BCUT2D eigenvalue weighted by molar-refractivity contribution is 6.05. The Kier molecular flexibility index (Phi) is 1.94. The number of benzene rings is 1. The maximum absolute atomic E-state index is 11.0. The lowest BCUT2D eigenvalue weighted by Crippen LogP contribution is -1.94. The highest BCUT2D eigenvalue weighted by atomic mass is 16.6. The zero-order chi connectivity index (χ0) is 11.8. The van der Waals surface area contributed by atoms with Crippen molar-refractivity contribution in [1.29, 1.82) is 0 Å². The van der Waals surface area contributed by atoms with Crippen molar-refractivity contribution >= 4 is 27.6 Å². The molecule has 0 aliphatic carbocycles. The van der Waals surface area contributed by atoms with E-state index in [4.69, 9.17) is 0 Å². The van der Waals surface area contributed by atoms with Gasteiger partial charge in [-0.15, -0.1) is 0 Å². The van der Waals surface area contributed by atoms with E-state index >= 15 is 0 Å². The van der Waals surface area contributed by atoms with Crippen LogP contribution < -0.4 is 0 Å². The maximum atomic E-state index is 11.0. The first-order valence-corrected chi connectivity index (χ1v) is 4.90. The summed E-state index contributed by atoms with van der Waals surface area (Å²) < 4.78 is 0. The van der Waals surface area contributed by atoms with Crippen LogP contribution in [0.15, 0.2) is 36.8 Å².